The van der Waals surface area contributed by atoms with Crippen molar-refractivity contribution in [1.29, 1.82) is 10.5 Å². The number of hydrogen-bond acceptors (Lipinski definition) is 6. The van der Waals surface area contributed by atoms with Crippen LogP contribution in [0, 0.1) is 22.7 Å². The second-order valence-corrected chi connectivity index (χ2v) is 5.81. The molecule has 0 spiro atoms. The normalized spacial score (nSPS) is 9.93. The molecule has 0 aliphatic rings. The van der Waals surface area contributed by atoms with Gasteiger partial charge in [0.1, 0.15) is 35.7 Å². The first-order valence-corrected chi connectivity index (χ1v) is 8.19. The zero-order valence-electron chi connectivity index (χ0n) is 14.6. The van der Waals surface area contributed by atoms with Gasteiger partial charge in [-0.25, -0.2) is 4.79 Å². The van der Waals surface area contributed by atoms with E-state index in [0.717, 1.165) is 0 Å². The van der Waals surface area contributed by atoms with Crippen molar-refractivity contribution in [2.75, 3.05) is 5.73 Å². The van der Waals surface area contributed by atoms with Gasteiger partial charge in [0.15, 0.2) is 0 Å². The number of rotatable bonds is 5. The molecule has 0 saturated heterocycles. The molecule has 28 heavy (non-hydrogen) atoms. The number of ether oxygens (including phenoxy) is 1. The number of pyridine rings is 1. The van der Waals surface area contributed by atoms with Crippen LogP contribution in [-0.2, 0) is 6.61 Å². The molecule has 0 fully saturated rings. The maximum Gasteiger partial charge on any atom is 0.335 e. The van der Waals surface area contributed by atoms with Crippen LogP contribution in [0.25, 0.3) is 11.1 Å². The highest BCUT2D eigenvalue weighted by Gasteiger charge is 2.21. The van der Waals surface area contributed by atoms with E-state index in [1.54, 1.807) is 36.4 Å². The molecule has 2 aromatic carbocycles. The summed E-state index contributed by atoms with van der Waals surface area (Å²) in [5.74, 6) is -1.11. The number of nitrogens with two attached hydrogens (primary N) is 1. The van der Waals surface area contributed by atoms with Crippen molar-refractivity contribution in [3.05, 3.63) is 76.9 Å². The second kappa shape index (κ2) is 7.90. The number of aromatic nitrogens is 1. The van der Waals surface area contributed by atoms with Gasteiger partial charge in [-0.3, -0.25) is 0 Å². The summed E-state index contributed by atoms with van der Waals surface area (Å²) in [5.41, 5.74) is 7.83. The molecule has 0 aliphatic carbocycles. The van der Waals surface area contributed by atoms with Gasteiger partial charge in [0.25, 0.3) is 0 Å². The van der Waals surface area contributed by atoms with Crippen molar-refractivity contribution in [2.45, 2.75) is 6.61 Å². The first kappa shape index (κ1) is 18.4. The molecule has 3 aromatic rings. The average Bonchev–Trinajstić information content (AvgIpc) is 2.72. The van der Waals surface area contributed by atoms with Gasteiger partial charge in [0, 0.05) is 5.56 Å². The standard InChI is InChI=1S/C21H14N4O3/c22-10-16-18(14-6-2-1-3-7-14)17(11-23)20(25-19(16)24)28-12-13-5-4-8-15(9-13)21(26)27/h1-9H,12H2,(H2,24,25)(H,26,27). The third kappa shape index (κ3) is 3.59. The second-order valence-electron chi connectivity index (χ2n) is 5.81. The summed E-state index contributed by atoms with van der Waals surface area (Å²) in [6.45, 7) is -0.0115. The fourth-order valence-corrected chi connectivity index (χ4v) is 2.74. The van der Waals surface area contributed by atoms with Gasteiger partial charge in [0.05, 0.1) is 5.56 Å². The lowest BCUT2D eigenvalue weighted by atomic mass is 9.96. The Morgan fingerprint density at radius 3 is 2.43 bits per heavy atom. The monoisotopic (exact) mass is 370 g/mol. The van der Waals surface area contributed by atoms with Crippen LogP contribution in [-0.4, -0.2) is 16.1 Å². The van der Waals surface area contributed by atoms with Crippen LogP contribution in [0.15, 0.2) is 54.6 Å². The Balaban J connectivity index is 2.04. The number of carbonyl (C=O) groups is 1. The number of nitriles is 2. The lowest BCUT2D eigenvalue weighted by Gasteiger charge is -2.14. The predicted molar refractivity (Wildman–Crippen MR) is 101 cm³/mol. The number of carboxylic acids is 1. The van der Waals surface area contributed by atoms with Crippen LogP contribution in [0.4, 0.5) is 5.82 Å². The summed E-state index contributed by atoms with van der Waals surface area (Å²) in [6.07, 6.45) is 0. The van der Waals surface area contributed by atoms with Gasteiger partial charge in [0.2, 0.25) is 5.88 Å². The van der Waals surface area contributed by atoms with E-state index in [1.807, 2.05) is 18.2 Å². The van der Waals surface area contributed by atoms with Crippen molar-refractivity contribution in [1.82, 2.24) is 4.98 Å². The molecule has 0 unspecified atom stereocenters. The maximum atomic E-state index is 11.1. The molecule has 3 rings (SSSR count). The number of anilines is 1. The van der Waals surface area contributed by atoms with E-state index in [-0.39, 0.29) is 35.0 Å². The Hall–Kier alpha value is -4.36. The predicted octanol–water partition coefficient (Wildman–Crippen LogP) is 3.35. The van der Waals surface area contributed by atoms with Crippen molar-refractivity contribution in [3.8, 4) is 29.1 Å². The average molecular weight is 370 g/mol. The Morgan fingerprint density at radius 1 is 1.07 bits per heavy atom. The maximum absolute atomic E-state index is 11.1. The number of aromatic carboxylic acids is 1. The number of hydrogen-bond donors (Lipinski definition) is 2. The minimum absolute atomic E-state index is 0.0115. The summed E-state index contributed by atoms with van der Waals surface area (Å²) in [6, 6.07) is 19.2. The Labute approximate surface area is 160 Å². The molecular weight excluding hydrogens is 356 g/mol. The summed E-state index contributed by atoms with van der Waals surface area (Å²) in [5, 5.41) is 28.3. The van der Waals surface area contributed by atoms with Crippen LogP contribution >= 0.6 is 0 Å². The minimum atomic E-state index is -1.05. The number of benzene rings is 2. The van der Waals surface area contributed by atoms with Gasteiger partial charge in [-0.15, -0.1) is 0 Å². The molecule has 0 aliphatic heterocycles. The third-order valence-corrected chi connectivity index (χ3v) is 4.03. The van der Waals surface area contributed by atoms with Crippen molar-refractivity contribution < 1.29 is 14.6 Å². The number of nitrogens with zero attached hydrogens (tertiary/aromatic N) is 3. The first-order valence-electron chi connectivity index (χ1n) is 8.19. The smallest absolute Gasteiger partial charge is 0.335 e. The molecule has 3 N–H and O–H groups in total. The minimum Gasteiger partial charge on any atom is -0.478 e. The van der Waals surface area contributed by atoms with Gasteiger partial charge < -0.3 is 15.6 Å². The summed E-state index contributed by atoms with van der Waals surface area (Å²) >= 11 is 0. The summed E-state index contributed by atoms with van der Waals surface area (Å²) in [4.78, 5) is 15.2. The summed E-state index contributed by atoms with van der Waals surface area (Å²) in [7, 11) is 0. The fraction of sp³-hybridized carbons (Fsp3) is 0.0476. The van der Waals surface area contributed by atoms with E-state index in [0.29, 0.717) is 16.7 Å². The highest BCUT2D eigenvalue weighted by atomic mass is 16.5. The number of carboxylic acid groups (broad SMARTS) is 1. The SMILES string of the molecule is N#Cc1c(N)nc(OCc2cccc(C(=O)O)c2)c(C#N)c1-c1ccccc1. The molecule has 0 saturated carbocycles. The van der Waals surface area contributed by atoms with E-state index < -0.39 is 5.97 Å². The lowest BCUT2D eigenvalue weighted by molar-refractivity contribution is 0.0696. The van der Waals surface area contributed by atoms with E-state index in [4.69, 9.17) is 15.6 Å². The molecule has 1 aromatic heterocycles. The Morgan fingerprint density at radius 2 is 1.79 bits per heavy atom. The van der Waals surface area contributed by atoms with E-state index >= 15 is 0 Å². The highest BCUT2D eigenvalue weighted by Crippen LogP contribution is 2.35. The van der Waals surface area contributed by atoms with Gasteiger partial charge in [-0.05, 0) is 23.3 Å². The van der Waals surface area contributed by atoms with E-state index in [2.05, 4.69) is 4.98 Å². The van der Waals surface area contributed by atoms with Crippen molar-refractivity contribution in [2.24, 2.45) is 0 Å². The third-order valence-electron chi connectivity index (χ3n) is 4.03. The molecule has 0 atom stereocenters. The Kier molecular flexibility index (Phi) is 5.20. The zero-order chi connectivity index (χ0) is 20.1. The van der Waals surface area contributed by atoms with Crippen molar-refractivity contribution >= 4 is 11.8 Å². The van der Waals surface area contributed by atoms with Crippen LogP contribution in [0.2, 0.25) is 0 Å². The molecule has 1 heterocycles. The quantitative estimate of drug-likeness (QED) is 0.703. The molecule has 0 amide bonds. The van der Waals surface area contributed by atoms with Crippen LogP contribution < -0.4 is 10.5 Å². The van der Waals surface area contributed by atoms with Gasteiger partial charge in [-0.1, -0.05) is 42.5 Å². The fourth-order valence-electron chi connectivity index (χ4n) is 2.74. The molecule has 0 bridgehead atoms. The molecule has 0 radical (unpaired) electrons. The topological polar surface area (TPSA) is 133 Å². The van der Waals surface area contributed by atoms with Gasteiger partial charge in [-0.2, -0.15) is 15.5 Å². The van der Waals surface area contributed by atoms with Crippen LogP contribution in [0.3, 0.4) is 0 Å². The molecular formula is C21H14N4O3. The summed E-state index contributed by atoms with van der Waals surface area (Å²) < 4.78 is 5.68. The lowest BCUT2D eigenvalue weighted by Crippen LogP contribution is -2.07. The zero-order valence-corrected chi connectivity index (χ0v) is 14.6. The first-order chi connectivity index (χ1) is 13.5. The highest BCUT2D eigenvalue weighted by molar-refractivity contribution is 5.87. The van der Waals surface area contributed by atoms with Gasteiger partial charge >= 0.3 is 5.97 Å². The number of nitrogen functional groups attached to an aromatic ring is 1. The van der Waals surface area contributed by atoms with Crippen molar-refractivity contribution in [3.63, 3.8) is 0 Å². The molecule has 7 heteroatoms. The van der Waals surface area contributed by atoms with E-state index in [1.165, 1.54) is 12.1 Å². The molecule has 7 nitrogen and oxygen atoms in total. The Bertz CT molecular complexity index is 1130. The van der Waals surface area contributed by atoms with E-state index in [9.17, 15) is 15.3 Å². The molecule has 136 valence electrons. The largest absolute Gasteiger partial charge is 0.478 e. The van der Waals surface area contributed by atoms with Crippen LogP contribution in [0.1, 0.15) is 27.0 Å². The van der Waals surface area contributed by atoms with Crippen LogP contribution in [0.5, 0.6) is 5.88 Å².